The van der Waals surface area contributed by atoms with Crippen LogP contribution < -0.4 is 0 Å². The zero-order valence-corrected chi connectivity index (χ0v) is 7.32. The molecule has 13 heavy (non-hydrogen) atoms. The molecule has 0 aliphatic heterocycles. The smallest absolute Gasteiger partial charge is 0.164 e. The van der Waals surface area contributed by atoms with Gasteiger partial charge in [-0.1, -0.05) is 0 Å². The van der Waals surface area contributed by atoms with Crippen LogP contribution in [0.25, 0.3) is 6.08 Å². The Morgan fingerprint density at radius 3 is 3.08 bits per heavy atom. The van der Waals surface area contributed by atoms with Gasteiger partial charge in [0.15, 0.2) is 5.78 Å². The lowest BCUT2D eigenvalue weighted by Gasteiger charge is -2.26. The summed E-state index contributed by atoms with van der Waals surface area (Å²) in [5.41, 5.74) is 0.706. The Balaban J connectivity index is 2.20. The highest BCUT2D eigenvalue weighted by molar-refractivity contribution is 6.07. The largest absolute Gasteiger partial charge is 0.465 e. The maximum Gasteiger partial charge on any atom is 0.164 e. The van der Waals surface area contributed by atoms with Crippen LogP contribution in [0.4, 0.5) is 0 Å². The minimum Gasteiger partial charge on any atom is -0.465 e. The van der Waals surface area contributed by atoms with E-state index in [1.54, 1.807) is 25.5 Å². The van der Waals surface area contributed by atoms with Crippen molar-refractivity contribution < 1.29 is 13.9 Å². The van der Waals surface area contributed by atoms with Crippen molar-refractivity contribution in [2.24, 2.45) is 0 Å². The number of methoxy groups -OCH3 is 1. The fraction of sp³-hybridized carbons (Fsp3) is 0.300. The van der Waals surface area contributed by atoms with Gasteiger partial charge in [-0.15, -0.1) is 0 Å². The molecule has 1 fully saturated rings. The number of Topliss-reactive ketones (excluding diaryl/α,β-unsaturated/α-hetero) is 1. The van der Waals surface area contributed by atoms with Crippen molar-refractivity contribution in [3.63, 3.8) is 0 Å². The molecule has 0 bridgehead atoms. The molecule has 1 aliphatic carbocycles. The third kappa shape index (κ3) is 1.42. The fourth-order valence-corrected chi connectivity index (χ4v) is 1.36. The molecule has 1 aromatic heterocycles. The first kappa shape index (κ1) is 8.26. The summed E-state index contributed by atoms with van der Waals surface area (Å²) in [4.78, 5) is 11.1. The molecule has 0 saturated heterocycles. The van der Waals surface area contributed by atoms with Gasteiger partial charge in [-0.25, -0.2) is 0 Å². The fourth-order valence-electron chi connectivity index (χ4n) is 1.36. The van der Waals surface area contributed by atoms with E-state index in [4.69, 9.17) is 9.15 Å². The van der Waals surface area contributed by atoms with E-state index >= 15 is 0 Å². The summed E-state index contributed by atoms with van der Waals surface area (Å²) in [7, 11) is 1.60. The van der Waals surface area contributed by atoms with Crippen molar-refractivity contribution >= 4 is 11.9 Å². The van der Waals surface area contributed by atoms with E-state index < -0.39 is 0 Å². The Bertz CT molecular complexity index is 335. The second-order valence-corrected chi connectivity index (χ2v) is 2.97. The molecule has 0 radical (unpaired) electrons. The lowest BCUT2D eigenvalue weighted by atomic mass is 9.86. The van der Waals surface area contributed by atoms with Crippen LogP contribution in [0.5, 0.6) is 0 Å². The van der Waals surface area contributed by atoms with Crippen LogP contribution in [0.15, 0.2) is 28.4 Å². The van der Waals surface area contributed by atoms with E-state index in [0.29, 0.717) is 17.8 Å². The standard InChI is InChI=1S/C10H10O3/c1-12-10-6-9(11)8(10)5-7-3-2-4-13-7/h2-5,10H,6H2,1H3/b8-5-/t10-/m1/s1. The van der Waals surface area contributed by atoms with Crippen LogP contribution >= 0.6 is 0 Å². The lowest BCUT2D eigenvalue weighted by Crippen LogP contribution is -2.34. The molecular formula is C10H10O3. The molecule has 1 atom stereocenters. The van der Waals surface area contributed by atoms with Gasteiger partial charge in [0.2, 0.25) is 0 Å². The Morgan fingerprint density at radius 2 is 2.54 bits per heavy atom. The summed E-state index contributed by atoms with van der Waals surface area (Å²) < 4.78 is 10.2. The minimum absolute atomic E-state index is 0.0439. The normalized spacial score (nSPS) is 24.8. The molecule has 1 aromatic rings. The molecular weight excluding hydrogens is 168 g/mol. The number of rotatable bonds is 2. The van der Waals surface area contributed by atoms with Crippen LogP contribution in [0, 0.1) is 0 Å². The predicted octanol–water partition coefficient (Wildman–Crippen LogP) is 1.65. The lowest BCUT2D eigenvalue weighted by molar-refractivity contribution is -0.124. The van der Waals surface area contributed by atoms with Crippen molar-refractivity contribution in [3.8, 4) is 0 Å². The van der Waals surface area contributed by atoms with E-state index in [0.717, 1.165) is 0 Å². The summed E-state index contributed by atoms with van der Waals surface area (Å²) in [5.74, 6) is 0.841. The van der Waals surface area contributed by atoms with E-state index in [9.17, 15) is 4.79 Å². The van der Waals surface area contributed by atoms with Gasteiger partial charge in [-0.2, -0.15) is 0 Å². The number of ketones is 1. The number of carbonyl (C=O) groups excluding carboxylic acids is 1. The number of ether oxygens (including phenoxy) is 1. The monoisotopic (exact) mass is 178 g/mol. The first-order valence-electron chi connectivity index (χ1n) is 4.12. The summed E-state index contributed by atoms with van der Waals surface area (Å²) in [6.07, 6.45) is 3.76. The van der Waals surface area contributed by atoms with Gasteiger partial charge in [0.05, 0.1) is 12.4 Å². The summed E-state index contributed by atoms with van der Waals surface area (Å²) in [5, 5.41) is 0. The first-order chi connectivity index (χ1) is 6.31. The van der Waals surface area contributed by atoms with E-state index in [2.05, 4.69) is 0 Å². The van der Waals surface area contributed by atoms with Crippen LogP contribution in [-0.4, -0.2) is 19.0 Å². The van der Waals surface area contributed by atoms with Crippen molar-refractivity contribution in [1.82, 2.24) is 0 Å². The summed E-state index contributed by atoms with van der Waals surface area (Å²) in [6.45, 7) is 0. The van der Waals surface area contributed by atoms with E-state index in [1.165, 1.54) is 0 Å². The molecule has 0 N–H and O–H groups in total. The molecule has 0 spiro atoms. The zero-order valence-electron chi connectivity index (χ0n) is 7.32. The van der Waals surface area contributed by atoms with Crippen molar-refractivity contribution in [2.45, 2.75) is 12.5 Å². The topological polar surface area (TPSA) is 39.4 Å². The highest BCUT2D eigenvalue weighted by Gasteiger charge is 2.33. The van der Waals surface area contributed by atoms with Gasteiger partial charge < -0.3 is 9.15 Å². The van der Waals surface area contributed by atoms with Gasteiger partial charge in [0.1, 0.15) is 5.76 Å². The Hall–Kier alpha value is -1.35. The molecule has 0 amide bonds. The van der Waals surface area contributed by atoms with Crippen molar-refractivity contribution in [2.75, 3.05) is 7.11 Å². The summed E-state index contributed by atoms with van der Waals surface area (Å²) >= 11 is 0. The first-order valence-corrected chi connectivity index (χ1v) is 4.12. The maximum absolute atomic E-state index is 11.1. The second kappa shape index (κ2) is 3.18. The average molecular weight is 178 g/mol. The van der Waals surface area contributed by atoms with Crippen LogP contribution in [0.1, 0.15) is 12.2 Å². The number of hydrogen-bond acceptors (Lipinski definition) is 3. The molecule has 3 heteroatoms. The predicted molar refractivity (Wildman–Crippen MR) is 47.1 cm³/mol. The van der Waals surface area contributed by atoms with Gasteiger partial charge in [0, 0.05) is 19.1 Å². The highest BCUT2D eigenvalue weighted by Crippen LogP contribution is 2.27. The number of carbonyl (C=O) groups is 1. The van der Waals surface area contributed by atoms with Gasteiger partial charge in [0.25, 0.3) is 0 Å². The molecule has 0 aromatic carbocycles. The maximum atomic E-state index is 11.1. The second-order valence-electron chi connectivity index (χ2n) is 2.97. The molecule has 1 heterocycles. The summed E-state index contributed by atoms with van der Waals surface area (Å²) in [6, 6.07) is 3.60. The molecule has 3 nitrogen and oxygen atoms in total. The van der Waals surface area contributed by atoms with E-state index in [-0.39, 0.29) is 11.9 Å². The minimum atomic E-state index is -0.0439. The van der Waals surface area contributed by atoms with E-state index in [1.807, 2.05) is 6.07 Å². The number of hydrogen-bond donors (Lipinski definition) is 0. The SMILES string of the molecule is CO[C@@H]1CC(=O)/C1=C/c1ccco1. The van der Waals surface area contributed by atoms with Gasteiger partial charge in [-0.05, 0) is 18.2 Å². The Labute approximate surface area is 76.0 Å². The van der Waals surface area contributed by atoms with Crippen LogP contribution in [0.2, 0.25) is 0 Å². The highest BCUT2D eigenvalue weighted by atomic mass is 16.5. The van der Waals surface area contributed by atoms with Crippen LogP contribution in [0.3, 0.4) is 0 Å². The Kier molecular flexibility index (Phi) is 2.02. The molecule has 0 unspecified atom stereocenters. The zero-order chi connectivity index (χ0) is 9.26. The Morgan fingerprint density at radius 1 is 1.69 bits per heavy atom. The molecule has 2 rings (SSSR count). The molecule has 1 aliphatic rings. The third-order valence-electron chi connectivity index (χ3n) is 2.17. The molecule has 68 valence electrons. The molecule has 1 saturated carbocycles. The van der Waals surface area contributed by atoms with Crippen molar-refractivity contribution in [1.29, 1.82) is 0 Å². The average Bonchev–Trinajstić information content (AvgIpc) is 2.62. The third-order valence-corrected chi connectivity index (χ3v) is 2.17. The van der Waals surface area contributed by atoms with Crippen molar-refractivity contribution in [3.05, 3.63) is 29.7 Å². The van der Waals surface area contributed by atoms with Gasteiger partial charge in [-0.3, -0.25) is 4.79 Å². The van der Waals surface area contributed by atoms with Gasteiger partial charge >= 0.3 is 0 Å². The quantitative estimate of drug-likeness (QED) is 0.646. The number of furan rings is 1. The van der Waals surface area contributed by atoms with Crippen LogP contribution in [-0.2, 0) is 9.53 Å².